The van der Waals surface area contributed by atoms with Crippen molar-refractivity contribution in [3.63, 3.8) is 0 Å². The van der Waals surface area contributed by atoms with Crippen LogP contribution in [0.2, 0.25) is 0 Å². The maximum Gasteiger partial charge on any atom is 0.307 e. The van der Waals surface area contributed by atoms with Crippen molar-refractivity contribution in [1.29, 1.82) is 0 Å². The van der Waals surface area contributed by atoms with E-state index in [0.717, 1.165) is 12.8 Å². The zero-order valence-electron chi connectivity index (χ0n) is 14.5. The molecule has 5 N–H and O–H groups in total. The van der Waals surface area contributed by atoms with Gasteiger partial charge in [0, 0.05) is 0 Å². The van der Waals surface area contributed by atoms with E-state index in [1.165, 1.54) is 37.5 Å². The largest absolute Gasteiger partial charge is 0.504 e. The van der Waals surface area contributed by atoms with Gasteiger partial charge in [-0.1, -0.05) is 45.1 Å². The Morgan fingerprint density at radius 3 is 2.12 bits per heavy atom. The molecule has 1 unspecified atom stereocenters. The van der Waals surface area contributed by atoms with Gasteiger partial charge in [0.05, 0.1) is 18.9 Å². The van der Waals surface area contributed by atoms with E-state index >= 15 is 0 Å². The standard InChI is InChI=1S/C10H20O3.C8H8O4/c1-2-3-4-5-6-7-9(11)8-10(12)13;9-6-2-1-5(3-7(6)10)4-8(11)12/h9,11H,2-8H2,1H3,(H,12,13);1-3,9-10H,4H2,(H,11,12). The van der Waals surface area contributed by atoms with Gasteiger partial charge in [0.25, 0.3) is 0 Å². The van der Waals surface area contributed by atoms with Gasteiger partial charge in [0.2, 0.25) is 0 Å². The molecular weight excluding hydrogens is 328 g/mol. The first kappa shape index (κ1) is 22.7. The average molecular weight is 356 g/mol. The summed E-state index contributed by atoms with van der Waals surface area (Å²) in [5.41, 5.74) is 0.456. The predicted molar refractivity (Wildman–Crippen MR) is 92.7 cm³/mol. The van der Waals surface area contributed by atoms with Gasteiger partial charge in [-0.15, -0.1) is 0 Å². The first-order chi connectivity index (χ1) is 11.8. The normalized spacial score (nSPS) is 11.3. The lowest BCUT2D eigenvalue weighted by molar-refractivity contribution is -0.139. The van der Waals surface area contributed by atoms with E-state index in [1.807, 2.05) is 0 Å². The lowest BCUT2D eigenvalue weighted by atomic mass is 10.1. The summed E-state index contributed by atoms with van der Waals surface area (Å²) in [4.78, 5) is 20.4. The Hall–Kier alpha value is -2.28. The number of aliphatic carboxylic acids is 2. The number of phenolic OH excluding ortho intramolecular Hbond substituents is 2. The first-order valence-electron chi connectivity index (χ1n) is 8.38. The molecule has 0 radical (unpaired) electrons. The Bertz CT molecular complexity index is 528. The van der Waals surface area contributed by atoms with Crippen LogP contribution in [0.3, 0.4) is 0 Å². The zero-order valence-corrected chi connectivity index (χ0v) is 14.5. The molecule has 25 heavy (non-hydrogen) atoms. The van der Waals surface area contributed by atoms with Gasteiger partial charge < -0.3 is 25.5 Å². The molecule has 7 nitrogen and oxygen atoms in total. The molecule has 0 saturated carbocycles. The quantitative estimate of drug-likeness (QED) is 0.321. The van der Waals surface area contributed by atoms with Crippen molar-refractivity contribution in [2.75, 3.05) is 0 Å². The van der Waals surface area contributed by atoms with Crippen LogP contribution >= 0.6 is 0 Å². The highest BCUT2D eigenvalue weighted by atomic mass is 16.4. The Morgan fingerprint density at radius 2 is 1.60 bits per heavy atom. The smallest absolute Gasteiger partial charge is 0.307 e. The number of benzene rings is 1. The summed E-state index contributed by atoms with van der Waals surface area (Å²) in [6.45, 7) is 2.15. The van der Waals surface area contributed by atoms with Crippen LogP contribution in [0.25, 0.3) is 0 Å². The van der Waals surface area contributed by atoms with E-state index in [9.17, 15) is 14.7 Å². The SMILES string of the molecule is CCCCCCCC(O)CC(=O)O.O=C(O)Cc1ccc(O)c(O)c1. The molecule has 1 aromatic rings. The lowest BCUT2D eigenvalue weighted by Gasteiger charge is -2.06. The number of rotatable bonds is 10. The predicted octanol–water partition coefficient (Wildman–Crippen LogP) is 2.91. The van der Waals surface area contributed by atoms with Gasteiger partial charge >= 0.3 is 11.9 Å². The Labute approximate surface area is 147 Å². The molecule has 0 heterocycles. The molecule has 0 amide bonds. The van der Waals surface area contributed by atoms with Crippen LogP contribution in [0.15, 0.2) is 18.2 Å². The van der Waals surface area contributed by atoms with Crippen molar-refractivity contribution >= 4 is 11.9 Å². The zero-order chi connectivity index (χ0) is 19.2. The van der Waals surface area contributed by atoms with Crippen molar-refractivity contribution < 1.29 is 35.1 Å². The fourth-order valence-electron chi connectivity index (χ4n) is 2.14. The van der Waals surface area contributed by atoms with E-state index in [1.54, 1.807) is 0 Å². The number of aromatic hydroxyl groups is 2. The van der Waals surface area contributed by atoms with Crippen molar-refractivity contribution in [3.05, 3.63) is 23.8 Å². The van der Waals surface area contributed by atoms with Gasteiger partial charge in [-0.3, -0.25) is 9.59 Å². The Kier molecular flexibility index (Phi) is 11.9. The number of hydrogen-bond donors (Lipinski definition) is 5. The van der Waals surface area contributed by atoms with E-state index < -0.39 is 18.0 Å². The summed E-state index contributed by atoms with van der Waals surface area (Å²) in [5.74, 6) is -2.43. The average Bonchev–Trinajstić information content (AvgIpc) is 2.50. The van der Waals surface area contributed by atoms with Crippen LogP contribution in [0, 0.1) is 0 Å². The summed E-state index contributed by atoms with van der Waals surface area (Å²) >= 11 is 0. The molecule has 1 aromatic carbocycles. The van der Waals surface area contributed by atoms with Crippen LogP contribution in [0.1, 0.15) is 57.4 Å². The minimum atomic E-state index is -0.972. The molecule has 142 valence electrons. The topological polar surface area (TPSA) is 135 Å². The summed E-state index contributed by atoms with van der Waals surface area (Å²) in [6, 6.07) is 3.93. The third-order valence-corrected chi connectivity index (χ3v) is 3.45. The second kappa shape index (κ2) is 13.1. The van der Waals surface area contributed by atoms with Crippen LogP contribution in [-0.4, -0.2) is 43.6 Å². The number of carboxylic acids is 2. The van der Waals surface area contributed by atoms with Crippen molar-refractivity contribution in [3.8, 4) is 11.5 Å². The Morgan fingerprint density at radius 1 is 0.960 bits per heavy atom. The summed E-state index contributed by atoms with van der Waals surface area (Å²) in [5, 5.41) is 43.8. The van der Waals surface area contributed by atoms with Crippen molar-refractivity contribution in [1.82, 2.24) is 0 Å². The molecule has 0 aliphatic carbocycles. The second-order valence-corrected chi connectivity index (χ2v) is 5.85. The third kappa shape index (κ3) is 12.8. The highest BCUT2D eigenvalue weighted by molar-refractivity contribution is 5.70. The minimum Gasteiger partial charge on any atom is -0.504 e. The maximum absolute atomic E-state index is 10.2. The fourth-order valence-corrected chi connectivity index (χ4v) is 2.14. The number of aliphatic hydroxyl groups is 1. The van der Waals surface area contributed by atoms with E-state index in [4.69, 9.17) is 20.4 Å². The molecule has 1 rings (SSSR count). The van der Waals surface area contributed by atoms with E-state index in [0.29, 0.717) is 12.0 Å². The van der Waals surface area contributed by atoms with Gasteiger partial charge in [-0.05, 0) is 24.1 Å². The molecule has 0 aromatic heterocycles. The van der Waals surface area contributed by atoms with Crippen LogP contribution < -0.4 is 0 Å². The fraction of sp³-hybridized carbons (Fsp3) is 0.556. The monoisotopic (exact) mass is 356 g/mol. The van der Waals surface area contributed by atoms with Crippen molar-refractivity contribution in [2.24, 2.45) is 0 Å². The summed E-state index contributed by atoms with van der Waals surface area (Å²) in [6.07, 6.45) is 5.36. The molecular formula is C18H28O7. The molecule has 0 aliphatic heterocycles. The summed E-state index contributed by atoms with van der Waals surface area (Å²) in [7, 11) is 0. The lowest BCUT2D eigenvalue weighted by Crippen LogP contribution is -2.12. The van der Waals surface area contributed by atoms with Gasteiger partial charge in [-0.25, -0.2) is 0 Å². The number of phenols is 2. The van der Waals surface area contributed by atoms with Crippen LogP contribution in [-0.2, 0) is 16.0 Å². The highest BCUT2D eigenvalue weighted by Crippen LogP contribution is 2.24. The number of aliphatic hydroxyl groups excluding tert-OH is 1. The van der Waals surface area contributed by atoms with E-state index in [-0.39, 0.29) is 24.3 Å². The molecule has 7 heteroatoms. The molecule has 0 bridgehead atoms. The molecule has 0 fully saturated rings. The van der Waals surface area contributed by atoms with Gasteiger partial charge in [-0.2, -0.15) is 0 Å². The van der Waals surface area contributed by atoms with Gasteiger partial charge in [0.1, 0.15) is 0 Å². The van der Waals surface area contributed by atoms with Gasteiger partial charge in [0.15, 0.2) is 11.5 Å². The molecule has 1 atom stereocenters. The highest BCUT2D eigenvalue weighted by Gasteiger charge is 2.08. The maximum atomic E-state index is 10.2. The number of carboxylic acid groups (broad SMARTS) is 2. The number of hydrogen-bond acceptors (Lipinski definition) is 5. The van der Waals surface area contributed by atoms with Crippen molar-refractivity contribution in [2.45, 2.75) is 64.4 Å². The summed E-state index contributed by atoms with van der Waals surface area (Å²) < 4.78 is 0. The first-order valence-corrected chi connectivity index (χ1v) is 8.38. The molecule has 0 spiro atoms. The Balaban J connectivity index is 0.000000462. The molecule has 0 saturated heterocycles. The van der Waals surface area contributed by atoms with Crippen LogP contribution in [0.5, 0.6) is 11.5 Å². The van der Waals surface area contributed by atoms with Crippen LogP contribution in [0.4, 0.5) is 0 Å². The molecule has 0 aliphatic rings. The van der Waals surface area contributed by atoms with E-state index in [2.05, 4.69) is 6.92 Å². The third-order valence-electron chi connectivity index (χ3n) is 3.45. The minimum absolute atomic E-state index is 0.117. The second-order valence-electron chi connectivity index (χ2n) is 5.85. The number of carbonyl (C=O) groups is 2. The number of unbranched alkanes of at least 4 members (excludes halogenated alkanes) is 4.